The fraction of sp³-hybridized carbons (Fsp3) is 0.0769. The lowest BCUT2D eigenvalue weighted by Crippen LogP contribution is -1.96. The molecule has 2 rings (SSSR count). The Kier molecular flexibility index (Phi) is 3.14. The molecule has 0 saturated heterocycles. The van der Waals surface area contributed by atoms with Crippen molar-refractivity contribution in [3.63, 3.8) is 0 Å². The number of phenolic OH excluding ortho intramolecular Hbond substituents is 1. The predicted molar refractivity (Wildman–Crippen MR) is 66.0 cm³/mol. The van der Waals surface area contributed by atoms with Crippen LogP contribution in [0.25, 0.3) is 0 Å². The Morgan fingerprint density at radius 2 is 1.83 bits per heavy atom. The van der Waals surface area contributed by atoms with E-state index in [1.165, 1.54) is 19.1 Å². The summed E-state index contributed by atoms with van der Waals surface area (Å²) in [6, 6.07) is 11.5. The maximum atomic E-state index is 11.0. The molecular weight excluding hydrogens is 234 g/mol. The van der Waals surface area contributed by atoms with Crippen molar-refractivity contribution < 1.29 is 14.8 Å². The molecule has 0 aliphatic heterocycles. The van der Waals surface area contributed by atoms with E-state index in [4.69, 9.17) is 4.74 Å². The van der Waals surface area contributed by atoms with Gasteiger partial charge in [-0.15, -0.1) is 0 Å². The first-order valence-electron chi connectivity index (χ1n) is 5.29. The second kappa shape index (κ2) is 4.75. The molecule has 0 aliphatic rings. The number of hydrogen-bond donors (Lipinski definition) is 1. The van der Waals surface area contributed by atoms with E-state index >= 15 is 0 Å². The minimum absolute atomic E-state index is 0.113. The van der Waals surface area contributed by atoms with Crippen molar-refractivity contribution >= 4 is 5.69 Å². The van der Waals surface area contributed by atoms with Crippen LogP contribution >= 0.6 is 0 Å². The maximum Gasteiger partial charge on any atom is 0.318 e. The van der Waals surface area contributed by atoms with Gasteiger partial charge in [0.15, 0.2) is 0 Å². The van der Waals surface area contributed by atoms with Gasteiger partial charge in [-0.3, -0.25) is 10.1 Å². The summed E-state index contributed by atoms with van der Waals surface area (Å²) >= 11 is 0. The number of benzene rings is 2. The third-order valence-corrected chi connectivity index (χ3v) is 2.52. The summed E-state index contributed by atoms with van der Waals surface area (Å²) in [6.07, 6.45) is 0. The largest absolute Gasteiger partial charge is 0.507 e. The molecule has 0 aliphatic carbocycles. The van der Waals surface area contributed by atoms with Gasteiger partial charge in [-0.25, -0.2) is 0 Å². The lowest BCUT2D eigenvalue weighted by molar-refractivity contribution is -0.386. The molecule has 0 atom stereocenters. The molecule has 0 saturated carbocycles. The van der Waals surface area contributed by atoms with Gasteiger partial charge in [0.2, 0.25) is 5.75 Å². The van der Waals surface area contributed by atoms with Crippen molar-refractivity contribution in [3.8, 4) is 17.2 Å². The van der Waals surface area contributed by atoms with Gasteiger partial charge in [0.1, 0.15) is 11.5 Å². The molecule has 18 heavy (non-hydrogen) atoms. The Hall–Kier alpha value is -2.56. The summed E-state index contributed by atoms with van der Waals surface area (Å²) in [7, 11) is 0. The second-order valence-corrected chi connectivity index (χ2v) is 3.73. The van der Waals surface area contributed by atoms with E-state index in [1.807, 2.05) is 6.07 Å². The Bertz CT molecular complexity index is 581. The van der Waals surface area contributed by atoms with Crippen LogP contribution in [0, 0.1) is 17.0 Å². The van der Waals surface area contributed by atoms with E-state index in [1.54, 1.807) is 24.3 Å². The average Bonchev–Trinajstić information content (AvgIpc) is 2.35. The molecule has 0 aromatic heterocycles. The summed E-state index contributed by atoms with van der Waals surface area (Å²) in [5.74, 6) is 0.495. The van der Waals surface area contributed by atoms with Gasteiger partial charge in [0, 0.05) is 0 Å². The third kappa shape index (κ3) is 2.24. The fourth-order valence-electron chi connectivity index (χ4n) is 1.59. The van der Waals surface area contributed by atoms with Gasteiger partial charge < -0.3 is 9.84 Å². The van der Waals surface area contributed by atoms with Crippen molar-refractivity contribution in [1.29, 1.82) is 0 Å². The number of hydrogen-bond acceptors (Lipinski definition) is 4. The van der Waals surface area contributed by atoms with Crippen LogP contribution in [0.5, 0.6) is 17.2 Å². The molecule has 2 aromatic carbocycles. The molecule has 0 radical (unpaired) electrons. The van der Waals surface area contributed by atoms with Crippen LogP contribution in [-0.2, 0) is 0 Å². The van der Waals surface area contributed by atoms with E-state index in [0.717, 1.165) is 0 Å². The molecular formula is C13H11NO4. The van der Waals surface area contributed by atoms with Crippen molar-refractivity contribution in [2.45, 2.75) is 6.92 Å². The van der Waals surface area contributed by atoms with Crippen LogP contribution in [-0.4, -0.2) is 10.0 Å². The molecule has 2 aromatic rings. The lowest BCUT2D eigenvalue weighted by Gasteiger charge is -2.08. The standard InChI is InChI=1S/C13H11NO4/c1-9-11(15)7-8-12(13(9)14(16)17)18-10-5-3-2-4-6-10/h2-8,15H,1H3. The summed E-state index contributed by atoms with van der Waals surface area (Å²) < 4.78 is 5.45. The smallest absolute Gasteiger partial charge is 0.318 e. The van der Waals surface area contributed by atoms with E-state index in [0.29, 0.717) is 5.75 Å². The summed E-state index contributed by atoms with van der Waals surface area (Å²) in [5, 5.41) is 20.5. The van der Waals surface area contributed by atoms with E-state index in [2.05, 4.69) is 0 Å². The number of nitrogens with zero attached hydrogens (tertiary/aromatic N) is 1. The highest BCUT2D eigenvalue weighted by atomic mass is 16.6. The van der Waals surface area contributed by atoms with Gasteiger partial charge in [-0.05, 0) is 31.2 Å². The van der Waals surface area contributed by atoms with Gasteiger partial charge in [-0.2, -0.15) is 0 Å². The van der Waals surface area contributed by atoms with Gasteiger partial charge in [0.25, 0.3) is 0 Å². The molecule has 0 heterocycles. The molecule has 92 valence electrons. The first-order valence-corrected chi connectivity index (χ1v) is 5.29. The fourth-order valence-corrected chi connectivity index (χ4v) is 1.59. The van der Waals surface area contributed by atoms with E-state index < -0.39 is 4.92 Å². The number of para-hydroxylation sites is 1. The Morgan fingerprint density at radius 3 is 2.44 bits per heavy atom. The Labute approximate surface area is 103 Å². The first kappa shape index (κ1) is 11.9. The number of nitro benzene ring substituents is 1. The van der Waals surface area contributed by atoms with Crippen LogP contribution in [0.4, 0.5) is 5.69 Å². The van der Waals surface area contributed by atoms with Crippen LogP contribution in [0.1, 0.15) is 5.56 Å². The van der Waals surface area contributed by atoms with Crippen LogP contribution in [0.2, 0.25) is 0 Å². The topological polar surface area (TPSA) is 72.6 Å². The number of phenols is 1. The van der Waals surface area contributed by atoms with Gasteiger partial charge in [0.05, 0.1) is 10.5 Å². The average molecular weight is 245 g/mol. The van der Waals surface area contributed by atoms with Crippen molar-refractivity contribution in [3.05, 3.63) is 58.1 Å². The number of rotatable bonds is 3. The minimum atomic E-state index is -0.562. The van der Waals surface area contributed by atoms with Crippen LogP contribution in [0.15, 0.2) is 42.5 Å². The molecule has 0 unspecified atom stereocenters. The van der Waals surface area contributed by atoms with Crippen LogP contribution in [0.3, 0.4) is 0 Å². The summed E-state index contributed by atoms with van der Waals surface area (Å²) in [4.78, 5) is 10.4. The van der Waals surface area contributed by atoms with Gasteiger partial charge in [-0.1, -0.05) is 18.2 Å². The third-order valence-electron chi connectivity index (χ3n) is 2.52. The number of ether oxygens (including phenoxy) is 1. The SMILES string of the molecule is Cc1c(O)ccc(Oc2ccccc2)c1[N+](=O)[O-]. The lowest BCUT2D eigenvalue weighted by atomic mass is 10.1. The summed E-state index contributed by atoms with van der Waals surface area (Å²) in [5.41, 5.74) is -0.0349. The predicted octanol–water partition coefficient (Wildman–Crippen LogP) is 3.40. The normalized spacial score (nSPS) is 10.1. The monoisotopic (exact) mass is 245 g/mol. The van der Waals surface area contributed by atoms with E-state index in [-0.39, 0.29) is 22.7 Å². The molecule has 0 spiro atoms. The molecule has 5 heteroatoms. The molecule has 5 nitrogen and oxygen atoms in total. The number of aromatic hydroxyl groups is 1. The van der Waals surface area contributed by atoms with E-state index in [9.17, 15) is 15.2 Å². The van der Waals surface area contributed by atoms with Crippen molar-refractivity contribution in [2.75, 3.05) is 0 Å². The molecule has 0 bridgehead atoms. The quantitative estimate of drug-likeness (QED) is 0.664. The van der Waals surface area contributed by atoms with Crippen LogP contribution < -0.4 is 4.74 Å². The molecule has 0 fully saturated rings. The van der Waals surface area contributed by atoms with Gasteiger partial charge >= 0.3 is 5.69 Å². The van der Waals surface area contributed by atoms with Crippen molar-refractivity contribution in [2.24, 2.45) is 0 Å². The Morgan fingerprint density at radius 1 is 1.17 bits per heavy atom. The Balaban J connectivity index is 2.45. The zero-order chi connectivity index (χ0) is 13.1. The zero-order valence-corrected chi connectivity index (χ0v) is 9.66. The maximum absolute atomic E-state index is 11.0. The molecule has 1 N–H and O–H groups in total. The highest BCUT2D eigenvalue weighted by Crippen LogP contribution is 2.38. The highest BCUT2D eigenvalue weighted by Gasteiger charge is 2.21. The first-order chi connectivity index (χ1) is 8.59. The van der Waals surface area contributed by atoms with Crippen molar-refractivity contribution in [1.82, 2.24) is 0 Å². The minimum Gasteiger partial charge on any atom is -0.507 e. The number of nitro groups is 1. The highest BCUT2D eigenvalue weighted by molar-refractivity contribution is 5.58. The molecule has 0 amide bonds. The second-order valence-electron chi connectivity index (χ2n) is 3.73. The summed E-state index contributed by atoms with van der Waals surface area (Å²) in [6.45, 7) is 1.48. The zero-order valence-electron chi connectivity index (χ0n) is 9.66.